The maximum atomic E-state index is 12.1. The van der Waals surface area contributed by atoms with E-state index >= 15 is 0 Å². The van der Waals surface area contributed by atoms with Crippen LogP contribution in [-0.2, 0) is 4.79 Å². The van der Waals surface area contributed by atoms with Gasteiger partial charge in [0.15, 0.2) is 11.5 Å². The molecule has 0 bridgehead atoms. The molecule has 0 atom stereocenters. The van der Waals surface area contributed by atoms with Gasteiger partial charge in [-0.05, 0) is 64.0 Å². The lowest BCUT2D eigenvalue weighted by Crippen LogP contribution is -2.44. The number of nitrogens with zero attached hydrogens (tertiary/aromatic N) is 1. The summed E-state index contributed by atoms with van der Waals surface area (Å²) >= 11 is 0. The van der Waals surface area contributed by atoms with Gasteiger partial charge in [0, 0.05) is 11.8 Å². The van der Waals surface area contributed by atoms with E-state index in [0.29, 0.717) is 17.2 Å². The van der Waals surface area contributed by atoms with Crippen molar-refractivity contribution in [3.63, 3.8) is 0 Å². The Hall–Kier alpha value is -2.32. The van der Waals surface area contributed by atoms with Crippen LogP contribution in [-0.4, -0.2) is 56.9 Å². The summed E-state index contributed by atoms with van der Waals surface area (Å²) in [6.45, 7) is 3.24. The lowest BCUT2D eigenvalue weighted by molar-refractivity contribution is -0.121. The second kappa shape index (κ2) is 8.86. The Morgan fingerprint density at radius 2 is 1.96 bits per heavy atom. The van der Waals surface area contributed by atoms with Crippen LogP contribution in [0.15, 0.2) is 18.2 Å². The van der Waals surface area contributed by atoms with Crippen LogP contribution < -0.4 is 25.4 Å². The highest BCUT2D eigenvalue weighted by molar-refractivity contribution is 6.01. The number of ether oxygens (including phenoxy) is 2. The molecule has 3 amide bonds. The second-order valence-electron chi connectivity index (χ2n) is 6.68. The lowest BCUT2D eigenvalue weighted by Gasteiger charge is -2.31. The van der Waals surface area contributed by atoms with E-state index in [1.165, 1.54) is 6.42 Å². The molecule has 26 heavy (non-hydrogen) atoms. The molecule has 0 radical (unpaired) electrons. The molecule has 8 nitrogen and oxygen atoms in total. The van der Waals surface area contributed by atoms with E-state index in [0.717, 1.165) is 38.4 Å². The van der Waals surface area contributed by atoms with Gasteiger partial charge in [0.05, 0.1) is 6.54 Å². The fourth-order valence-corrected chi connectivity index (χ4v) is 3.29. The van der Waals surface area contributed by atoms with E-state index in [9.17, 15) is 9.59 Å². The van der Waals surface area contributed by atoms with Crippen molar-refractivity contribution in [3.8, 4) is 11.5 Å². The number of nitrogens with one attached hydrogen (secondary N) is 3. The Balaban J connectivity index is 1.39. The zero-order valence-electron chi connectivity index (χ0n) is 15.0. The second-order valence-corrected chi connectivity index (χ2v) is 6.68. The zero-order chi connectivity index (χ0) is 18.4. The molecule has 2 aliphatic heterocycles. The van der Waals surface area contributed by atoms with E-state index in [2.05, 4.69) is 20.9 Å². The summed E-state index contributed by atoms with van der Waals surface area (Å²) in [5.41, 5.74) is 0.546. The van der Waals surface area contributed by atoms with Crippen molar-refractivity contribution in [1.29, 1.82) is 0 Å². The molecule has 1 aromatic rings. The molecule has 3 rings (SSSR count). The number of urea groups is 1. The minimum absolute atomic E-state index is 0.176. The van der Waals surface area contributed by atoms with Crippen molar-refractivity contribution >= 4 is 17.6 Å². The first-order valence-corrected chi connectivity index (χ1v) is 9.01. The third-order valence-electron chi connectivity index (χ3n) is 4.76. The predicted octanol–water partition coefficient (Wildman–Crippen LogP) is 1.38. The Bertz CT molecular complexity index is 644. The fraction of sp³-hybridized carbons (Fsp3) is 0.556. The number of hydrogen-bond acceptors (Lipinski definition) is 6. The van der Waals surface area contributed by atoms with E-state index in [4.69, 9.17) is 9.47 Å². The van der Waals surface area contributed by atoms with Crippen LogP contribution in [0.1, 0.15) is 19.3 Å². The fourth-order valence-electron chi connectivity index (χ4n) is 3.29. The van der Waals surface area contributed by atoms with Crippen molar-refractivity contribution in [1.82, 2.24) is 15.5 Å². The van der Waals surface area contributed by atoms with Gasteiger partial charge in [-0.2, -0.15) is 0 Å². The molecular weight excluding hydrogens is 336 g/mol. The minimum Gasteiger partial charge on any atom is -0.454 e. The topological polar surface area (TPSA) is 91.9 Å². The molecule has 0 aromatic heterocycles. The number of amides is 3. The van der Waals surface area contributed by atoms with Crippen LogP contribution in [0.5, 0.6) is 11.5 Å². The molecule has 0 saturated carbocycles. The molecule has 0 aliphatic carbocycles. The number of imide groups is 1. The third kappa shape index (κ3) is 5.09. The molecule has 0 spiro atoms. The highest BCUT2D eigenvalue weighted by atomic mass is 16.7. The van der Waals surface area contributed by atoms with Gasteiger partial charge in [0.2, 0.25) is 12.7 Å². The van der Waals surface area contributed by atoms with Crippen LogP contribution >= 0.6 is 0 Å². The molecule has 1 fully saturated rings. The van der Waals surface area contributed by atoms with Crippen molar-refractivity contribution in [3.05, 3.63) is 18.2 Å². The maximum absolute atomic E-state index is 12.1. The number of likely N-dealkylation sites (tertiary alicyclic amines) is 1. The summed E-state index contributed by atoms with van der Waals surface area (Å²) in [6.07, 6.45) is 3.37. The molecule has 0 unspecified atom stereocenters. The first kappa shape index (κ1) is 18.5. The Kier molecular flexibility index (Phi) is 6.30. The van der Waals surface area contributed by atoms with Crippen molar-refractivity contribution in [2.75, 3.05) is 45.3 Å². The van der Waals surface area contributed by atoms with Crippen molar-refractivity contribution < 1.29 is 19.1 Å². The summed E-state index contributed by atoms with van der Waals surface area (Å²) in [5.74, 6) is 1.65. The van der Waals surface area contributed by atoms with Gasteiger partial charge in [-0.3, -0.25) is 15.0 Å². The zero-order valence-corrected chi connectivity index (χ0v) is 15.0. The molecule has 1 saturated heterocycles. The lowest BCUT2D eigenvalue weighted by atomic mass is 9.93. The number of anilines is 1. The monoisotopic (exact) mass is 362 g/mol. The molecule has 3 N–H and O–H groups in total. The van der Waals surface area contributed by atoms with Crippen LogP contribution in [0.3, 0.4) is 0 Å². The average molecular weight is 362 g/mol. The van der Waals surface area contributed by atoms with Gasteiger partial charge in [-0.25, -0.2) is 4.79 Å². The maximum Gasteiger partial charge on any atom is 0.325 e. The summed E-state index contributed by atoms with van der Waals surface area (Å²) in [4.78, 5) is 26.2. The van der Waals surface area contributed by atoms with Gasteiger partial charge in [-0.1, -0.05) is 0 Å². The molecular formula is C18H26N4O4. The summed E-state index contributed by atoms with van der Waals surface area (Å²) in [5, 5.41) is 8.19. The average Bonchev–Trinajstić information content (AvgIpc) is 3.08. The van der Waals surface area contributed by atoms with E-state index in [1.807, 2.05) is 7.05 Å². The van der Waals surface area contributed by atoms with Crippen molar-refractivity contribution in [2.45, 2.75) is 19.3 Å². The van der Waals surface area contributed by atoms with E-state index in [-0.39, 0.29) is 19.2 Å². The van der Waals surface area contributed by atoms with Crippen LogP contribution in [0.2, 0.25) is 0 Å². The van der Waals surface area contributed by atoms with E-state index < -0.39 is 6.03 Å². The van der Waals surface area contributed by atoms with Gasteiger partial charge in [0.25, 0.3) is 0 Å². The first-order chi connectivity index (χ1) is 12.6. The SMILES string of the molecule is CNCCC1CCN(CC(=O)NC(=O)Nc2ccc3c(c2)OCO3)CC1. The highest BCUT2D eigenvalue weighted by Gasteiger charge is 2.21. The number of hydrogen-bond donors (Lipinski definition) is 3. The van der Waals surface area contributed by atoms with Gasteiger partial charge < -0.3 is 20.1 Å². The van der Waals surface area contributed by atoms with Crippen LogP contribution in [0, 0.1) is 5.92 Å². The standard InChI is InChI=1S/C18H26N4O4/c1-19-7-4-13-5-8-22(9-6-13)11-17(23)21-18(24)20-14-2-3-15-16(10-14)26-12-25-15/h2-3,10,13,19H,4-9,11-12H2,1H3,(H2,20,21,23,24). The van der Waals surface area contributed by atoms with Gasteiger partial charge >= 0.3 is 6.03 Å². The molecule has 8 heteroatoms. The quantitative estimate of drug-likeness (QED) is 0.708. The van der Waals surface area contributed by atoms with Crippen LogP contribution in [0.25, 0.3) is 0 Å². The Labute approximate surface area is 153 Å². The number of rotatable bonds is 6. The summed E-state index contributed by atoms with van der Waals surface area (Å²) in [6, 6.07) is 4.55. The number of piperidine rings is 1. The smallest absolute Gasteiger partial charge is 0.325 e. The largest absolute Gasteiger partial charge is 0.454 e. The normalized spacial score (nSPS) is 17.1. The summed E-state index contributed by atoms with van der Waals surface area (Å²) < 4.78 is 10.5. The van der Waals surface area contributed by atoms with Crippen molar-refractivity contribution in [2.24, 2.45) is 5.92 Å². The number of benzene rings is 1. The summed E-state index contributed by atoms with van der Waals surface area (Å²) in [7, 11) is 1.97. The third-order valence-corrected chi connectivity index (χ3v) is 4.76. The Morgan fingerprint density at radius 1 is 1.19 bits per heavy atom. The highest BCUT2D eigenvalue weighted by Crippen LogP contribution is 2.34. The molecule has 2 aliphatic rings. The van der Waals surface area contributed by atoms with E-state index in [1.54, 1.807) is 18.2 Å². The van der Waals surface area contributed by atoms with Crippen LogP contribution in [0.4, 0.5) is 10.5 Å². The minimum atomic E-state index is -0.544. The number of carbonyl (C=O) groups is 2. The first-order valence-electron chi connectivity index (χ1n) is 9.01. The Morgan fingerprint density at radius 3 is 2.73 bits per heavy atom. The van der Waals surface area contributed by atoms with Gasteiger partial charge in [-0.15, -0.1) is 0 Å². The molecule has 2 heterocycles. The van der Waals surface area contributed by atoms with Gasteiger partial charge in [0.1, 0.15) is 0 Å². The molecule has 142 valence electrons. The number of carbonyl (C=O) groups excluding carboxylic acids is 2. The number of fused-ring (bicyclic) bond motifs is 1. The predicted molar refractivity (Wildman–Crippen MR) is 97.4 cm³/mol. The molecule has 1 aromatic carbocycles.